The molecule has 1 rings (SSSR count). The van der Waals surface area contributed by atoms with E-state index in [1.807, 2.05) is 47.6 Å². The molecule has 1 atom stereocenters. The van der Waals surface area contributed by atoms with Crippen LogP contribution in [0.1, 0.15) is 62.3 Å². The van der Waals surface area contributed by atoms with E-state index in [0.717, 1.165) is 5.57 Å². The third-order valence-corrected chi connectivity index (χ3v) is 4.21. The Kier molecular flexibility index (Phi) is 4.50. The standard InChI is InChI=1S/C18H29NO3/c1-15(2,3)12-10-13(16(4,5)6)14(20)18(11-12,22-19-21)17(7,8)9/h10-11H,1-9H3/i19+1. The molecule has 0 aliphatic heterocycles. The molecule has 1 aliphatic rings. The van der Waals surface area contributed by atoms with Gasteiger partial charge in [0.25, 0.3) is 0 Å². The molecule has 0 saturated carbocycles. The highest BCUT2D eigenvalue weighted by Gasteiger charge is 2.55. The van der Waals surface area contributed by atoms with Crippen LogP contribution >= 0.6 is 0 Å². The number of carbonyl (C=O) groups is 1. The van der Waals surface area contributed by atoms with E-state index in [2.05, 4.69) is 26.1 Å². The van der Waals surface area contributed by atoms with E-state index in [9.17, 15) is 9.70 Å². The molecule has 0 spiro atoms. The molecule has 4 nitrogen and oxygen atoms in total. The van der Waals surface area contributed by atoms with Crippen LogP contribution in [0.2, 0.25) is 0 Å². The van der Waals surface area contributed by atoms with E-state index in [-0.39, 0.29) is 16.6 Å². The molecule has 1 unspecified atom stereocenters. The van der Waals surface area contributed by atoms with Crippen LogP contribution in [0.25, 0.3) is 0 Å². The van der Waals surface area contributed by atoms with Crippen molar-refractivity contribution in [2.45, 2.75) is 67.9 Å². The van der Waals surface area contributed by atoms with Crippen LogP contribution in [-0.4, -0.2) is 11.4 Å². The molecule has 0 fully saturated rings. The van der Waals surface area contributed by atoms with Crippen molar-refractivity contribution >= 4 is 5.78 Å². The summed E-state index contributed by atoms with van der Waals surface area (Å²) in [4.78, 5) is 29.3. The largest absolute Gasteiger partial charge is 0.344 e. The summed E-state index contributed by atoms with van der Waals surface area (Å²) >= 11 is 0. The van der Waals surface area contributed by atoms with Crippen molar-refractivity contribution in [2.24, 2.45) is 21.6 Å². The Morgan fingerprint density at radius 3 is 1.77 bits per heavy atom. The number of allylic oxidation sites excluding steroid dienone is 2. The molecule has 0 N–H and O–H groups in total. The highest BCUT2D eigenvalue weighted by Crippen LogP contribution is 2.47. The van der Waals surface area contributed by atoms with Crippen molar-refractivity contribution in [3.05, 3.63) is 28.2 Å². The van der Waals surface area contributed by atoms with Gasteiger partial charge in [0.1, 0.15) is 0 Å². The molecule has 0 amide bonds. The van der Waals surface area contributed by atoms with Crippen LogP contribution < -0.4 is 0 Å². The fourth-order valence-corrected chi connectivity index (χ4v) is 2.56. The number of Topliss-reactive ketones (excluding diaryl/α,β-unsaturated/α-hetero) is 1. The summed E-state index contributed by atoms with van der Waals surface area (Å²) < 4.78 is 0. The van der Waals surface area contributed by atoms with Gasteiger partial charge in [-0.1, -0.05) is 68.4 Å². The first kappa shape index (κ1) is 18.6. The summed E-state index contributed by atoms with van der Waals surface area (Å²) in [6.45, 7) is 17.9. The van der Waals surface area contributed by atoms with Crippen LogP contribution in [0.4, 0.5) is 0 Å². The van der Waals surface area contributed by atoms with Gasteiger partial charge < -0.3 is 4.84 Å². The molecule has 0 aromatic heterocycles. The lowest BCUT2D eigenvalue weighted by atomic mass is 9.63. The first-order valence-corrected chi connectivity index (χ1v) is 7.68. The van der Waals surface area contributed by atoms with Gasteiger partial charge in [0, 0.05) is 11.0 Å². The van der Waals surface area contributed by atoms with E-state index in [1.165, 1.54) is 0 Å². The predicted molar refractivity (Wildman–Crippen MR) is 89.1 cm³/mol. The molecule has 1 aliphatic carbocycles. The Labute approximate surface area is 133 Å². The topological polar surface area (TPSA) is 55.7 Å². The Morgan fingerprint density at radius 2 is 1.45 bits per heavy atom. The van der Waals surface area contributed by atoms with Crippen molar-refractivity contribution in [1.82, 2.24) is 0 Å². The Morgan fingerprint density at radius 1 is 0.955 bits per heavy atom. The van der Waals surface area contributed by atoms with E-state index in [1.54, 1.807) is 6.08 Å². The molecule has 0 aromatic carbocycles. The zero-order valence-electron chi connectivity index (χ0n) is 15.3. The average Bonchev–Trinajstić information content (AvgIpc) is 2.27. The van der Waals surface area contributed by atoms with E-state index >= 15 is 0 Å². The number of carbonyl (C=O) groups excluding carboxylic acids is 1. The van der Waals surface area contributed by atoms with Crippen LogP contribution in [0.3, 0.4) is 0 Å². The van der Waals surface area contributed by atoms with Crippen LogP contribution in [0, 0.1) is 21.2 Å². The van der Waals surface area contributed by atoms with Crippen molar-refractivity contribution in [3.8, 4) is 0 Å². The number of rotatable bonds is 2. The van der Waals surface area contributed by atoms with Crippen molar-refractivity contribution in [3.63, 3.8) is 0 Å². The lowest BCUT2D eigenvalue weighted by Crippen LogP contribution is -2.53. The fraction of sp³-hybridized carbons (Fsp3) is 0.722. The predicted octanol–water partition coefficient (Wildman–Crippen LogP) is 5.00. The first-order chi connectivity index (χ1) is 9.67. The fourth-order valence-electron chi connectivity index (χ4n) is 2.56. The maximum absolute atomic E-state index is 13.2. The molecule has 22 heavy (non-hydrogen) atoms. The van der Waals surface area contributed by atoms with Gasteiger partial charge in [-0.3, -0.25) is 4.79 Å². The first-order valence-electron chi connectivity index (χ1n) is 7.68. The summed E-state index contributed by atoms with van der Waals surface area (Å²) in [5, 5.41) is 2.64. The summed E-state index contributed by atoms with van der Waals surface area (Å²) in [7, 11) is 0. The molecular formula is C18H29NO3. The third kappa shape index (κ3) is 3.16. The van der Waals surface area contributed by atoms with Gasteiger partial charge in [0.15, 0.2) is 5.34 Å². The van der Waals surface area contributed by atoms with Crippen LogP contribution in [0.5, 0.6) is 0 Å². The zero-order chi connectivity index (χ0) is 17.6. The summed E-state index contributed by atoms with van der Waals surface area (Å²) in [5.74, 6) is -0.180. The minimum Gasteiger partial charge on any atom is -0.344 e. The number of hydrogen-bond acceptors (Lipinski definition) is 4. The molecule has 0 bridgehead atoms. The van der Waals surface area contributed by atoms with Gasteiger partial charge in [-0.15, -0.1) is 4.91 Å². The normalized spacial score (nSPS) is 23.8. The van der Waals surface area contributed by atoms with Gasteiger partial charge in [-0.05, 0) is 22.5 Å². The minimum absolute atomic E-state index is 0.167. The number of nitrogens with zero attached hydrogens (tertiary/aromatic N) is 1. The summed E-state index contributed by atoms with van der Waals surface area (Å²) in [6, 6.07) is 0. The van der Waals surface area contributed by atoms with Gasteiger partial charge in [-0.25, -0.2) is 0 Å². The molecule has 0 aromatic rings. The highest BCUT2D eigenvalue weighted by atomic mass is 16.9. The second-order valence-corrected chi connectivity index (χ2v) is 9.14. The van der Waals surface area contributed by atoms with Crippen LogP contribution in [0.15, 0.2) is 28.6 Å². The molecule has 0 heterocycles. The van der Waals surface area contributed by atoms with E-state index in [0.29, 0.717) is 5.57 Å². The van der Waals surface area contributed by atoms with E-state index < -0.39 is 11.0 Å². The van der Waals surface area contributed by atoms with Gasteiger partial charge >= 0.3 is 0 Å². The molecular weight excluding hydrogens is 279 g/mol. The lowest BCUT2D eigenvalue weighted by Gasteiger charge is -2.43. The van der Waals surface area contributed by atoms with Gasteiger partial charge in [0.05, 0.1) is 0 Å². The number of ketones is 1. The zero-order valence-corrected chi connectivity index (χ0v) is 15.3. The smallest absolute Gasteiger partial charge is 0.226 e. The molecule has 4 heteroatoms. The van der Waals surface area contributed by atoms with Crippen molar-refractivity contribution in [2.75, 3.05) is 0 Å². The summed E-state index contributed by atoms with van der Waals surface area (Å²) in [6.07, 6.45) is 3.73. The van der Waals surface area contributed by atoms with Crippen LogP contribution in [-0.2, 0) is 9.63 Å². The van der Waals surface area contributed by atoms with Crippen molar-refractivity contribution in [1.29, 1.82) is 0 Å². The van der Waals surface area contributed by atoms with Crippen molar-refractivity contribution < 1.29 is 9.63 Å². The minimum atomic E-state index is -1.37. The Bertz CT molecular complexity index is 536. The molecule has 0 radical (unpaired) electrons. The Hall–Kier alpha value is -1.45. The maximum Gasteiger partial charge on any atom is 0.226 e. The molecule has 124 valence electrons. The lowest BCUT2D eigenvalue weighted by molar-refractivity contribution is -0.149. The second kappa shape index (κ2) is 5.32. The highest BCUT2D eigenvalue weighted by molar-refractivity contribution is 6.06. The number of hydrogen-bond donors (Lipinski definition) is 0. The SMILES string of the molecule is CC(C)(C)C1=CC(O[15N]=O)(C(C)(C)C)C(=O)C(C(C)(C)C)=C1. The van der Waals surface area contributed by atoms with E-state index in [4.69, 9.17) is 4.84 Å². The maximum atomic E-state index is 13.2. The monoisotopic (exact) mass is 308 g/mol. The summed E-state index contributed by atoms with van der Waals surface area (Å²) in [5.41, 5.74) is -0.826. The van der Waals surface area contributed by atoms with Gasteiger partial charge in [0.2, 0.25) is 11.4 Å². The average molecular weight is 308 g/mol. The second-order valence-electron chi connectivity index (χ2n) is 9.14. The Balaban J connectivity index is 3.72. The quantitative estimate of drug-likeness (QED) is 0.410. The third-order valence-electron chi connectivity index (χ3n) is 4.21. The molecule has 0 saturated heterocycles. The van der Waals surface area contributed by atoms with Gasteiger partial charge in [-0.2, -0.15) is 0 Å².